The summed E-state index contributed by atoms with van der Waals surface area (Å²) in [7, 11) is 1.38. The molecule has 0 spiro atoms. The van der Waals surface area contributed by atoms with Crippen LogP contribution >= 0.6 is 11.3 Å². The highest BCUT2D eigenvalue weighted by molar-refractivity contribution is 7.12. The second-order valence-electron chi connectivity index (χ2n) is 3.02. The normalized spacial score (nSPS) is 8.55. The molecule has 3 nitrogen and oxygen atoms in total. The van der Waals surface area contributed by atoms with Gasteiger partial charge in [-0.3, -0.25) is 0 Å². The minimum Gasteiger partial charge on any atom is -0.465 e. The summed E-state index contributed by atoms with van der Waals surface area (Å²) in [5, 5.41) is 1.90. The summed E-state index contributed by atoms with van der Waals surface area (Å²) in [6.07, 6.45) is 8.24. The Labute approximate surface area is 125 Å². The predicted octanol–water partition coefficient (Wildman–Crippen LogP) is 4.52. The largest absolute Gasteiger partial charge is 0.465 e. The molecule has 0 radical (unpaired) electrons. The van der Waals surface area contributed by atoms with Gasteiger partial charge in [0.1, 0.15) is 11.2 Å². The minimum atomic E-state index is -0.289. The Morgan fingerprint density at radius 1 is 1.40 bits per heavy atom. The van der Waals surface area contributed by atoms with Crippen LogP contribution in [0.1, 0.15) is 35.5 Å². The summed E-state index contributed by atoms with van der Waals surface area (Å²) < 4.78 is 4.58. The third-order valence-electron chi connectivity index (χ3n) is 1.69. The van der Waals surface area contributed by atoms with Crippen LogP contribution in [-0.2, 0) is 9.53 Å². The number of esters is 1. The van der Waals surface area contributed by atoms with Crippen molar-refractivity contribution in [3.8, 4) is 0 Å². The number of carbonyl (C=O) groups excluding carboxylic acids is 2. The van der Waals surface area contributed by atoms with Crippen molar-refractivity contribution in [2.45, 2.75) is 20.3 Å². The first kappa shape index (κ1) is 20.4. The molecule has 0 atom stereocenters. The van der Waals surface area contributed by atoms with Gasteiger partial charge in [-0.15, -0.1) is 17.9 Å². The summed E-state index contributed by atoms with van der Waals surface area (Å²) in [4.78, 5) is 21.0. The van der Waals surface area contributed by atoms with E-state index in [1.165, 1.54) is 18.4 Å². The third-order valence-corrected chi connectivity index (χ3v) is 2.62. The van der Waals surface area contributed by atoms with Gasteiger partial charge in [-0.2, -0.15) is 0 Å². The van der Waals surface area contributed by atoms with E-state index in [0.717, 1.165) is 11.8 Å². The molecule has 0 unspecified atom stereocenters. The van der Waals surface area contributed by atoms with Gasteiger partial charge in [0.2, 0.25) is 0 Å². The van der Waals surface area contributed by atoms with Crippen molar-refractivity contribution in [2.75, 3.05) is 7.11 Å². The van der Waals surface area contributed by atoms with Gasteiger partial charge in [0.25, 0.3) is 0 Å². The van der Waals surface area contributed by atoms with Crippen LogP contribution in [0.4, 0.5) is 0 Å². The highest BCUT2D eigenvalue weighted by Crippen LogP contribution is 2.16. The summed E-state index contributed by atoms with van der Waals surface area (Å²) in [5.74, 6) is -0.289. The number of allylic oxidation sites excluding steroid dienone is 3. The SMILES string of the molecule is C=C/C=C/c1csc(C(=O)OC)c1.C=CCC=O.CC. The fraction of sp³-hybridized carbons (Fsp3) is 0.250. The molecular weight excluding hydrogens is 272 g/mol. The standard InChI is InChI=1S/C10H10O2S.C4H6O.C2H6/c1-3-4-5-8-6-9(13-7-8)10(11)12-2;1-2-3-4-5;1-2/h3-7H,1H2,2H3;2,4H,1,3H2;1-2H3/b5-4+;;. The maximum Gasteiger partial charge on any atom is 0.348 e. The molecular formula is C16H22O3S. The van der Waals surface area contributed by atoms with E-state index in [-0.39, 0.29) is 5.97 Å². The van der Waals surface area contributed by atoms with Gasteiger partial charge in [0.05, 0.1) is 7.11 Å². The maximum atomic E-state index is 11.0. The molecule has 0 bridgehead atoms. The van der Waals surface area contributed by atoms with Crippen LogP contribution in [0.25, 0.3) is 6.08 Å². The molecule has 0 aliphatic heterocycles. The van der Waals surface area contributed by atoms with Crippen molar-refractivity contribution in [3.05, 3.63) is 53.3 Å². The van der Waals surface area contributed by atoms with E-state index >= 15 is 0 Å². The monoisotopic (exact) mass is 294 g/mol. The highest BCUT2D eigenvalue weighted by atomic mass is 32.1. The molecule has 1 aromatic heterocycles. The molecule has 0 aliphatic rings. The maximum absolute atomic E-state index is 11.0. The number of carbonyl (C=O) groups is 2. The molecule has 0 fully saturated rings. The molecule has 0 aliphatic carbocycles. The van der Waals surface area contributed by atoms with Gasteiger partial charge in [0, 0.05) is 6.42 Å². The van der Waals surface area contributed by atoms with Crippen LogP contribution in [0.5, 0.6) is 0 Å². The van der Waals surface area contributed by atoms with Crippen molar-refractivity contribution >= 4 is 29.7 Å². The van der Waals surface area contributed by atoms with Crippen LogP contribution in [0.3, 0.4) is 0 Å². The summed E-state index contributed by atoms with van der Waals surface area (Å²) in [6, 6.07) is 1.79. The molecule has 0 saturated heterocycles. The zero-order valence-electron chi connectivity index (χ0n) is 12.3. The lowest BCUT2D eigenvalue weighted by Crippen LogP contribution is -1.96. The summed E-state index contributed by atoms with van der Waals surface area (Å²) in [6.45, 7) is 10.9. The number of hydrogen-bond acceptors (Lipinski definition) is 4. The summed E-state index contributed by atoms with van der Waals surface area (Å²) >= 11 is 1.37. The Hall–Kier alpha value is -1.94. The van der Waals surface area contributed by atoms with Gasteiger partial charge >= 0.3 is 5.97 Å². The predicted molar refractivity (Wildman–Crippen MR) is 87.1 cm³/mol. The Bertz CT molecular complexity index is 425. The fourth-order valence-electron chi connectivity index (χ4n) is 0.893. The van der Waals surface area contributed by atoms with Crippen LogP contribution in [0.15, 0.2) is 42.8 Å². The van der Waals surface area contributed by atoms with Gasteiger partial charge in [-0.1, -0.05) is 44.7 Å². The first-order valence-electron chi connectivity index (χ1n) is 6.20. The first-order chi connectivity index (χ1) is 9.69. The first-order valence-corrected chi connectivity index (χ1v) is 7.08. The van der Waals surface area contributed by atoms with Crippen LogP contribution in [0, 0.1) is 0 Å². The Balaban J connectivity index is 0. The number of aldehydes is 1. The lowest BCUT2D eigenvalue weighted by atomic mass is 10.3. The molecule has 110 valence electrons. The Morgan fingerprint density at radius 2 is 2.05 bits per heavy atom. The lowest BCUT2D eigenvalue weighted by molar-refractivity contribution is -0.107. The second kappa shape index (κ2) is 15.1. The number of thiophene rings is 1. The van der Waals surface area contributed by atoms with Gasteiger partial charge in [-0.05, 0) is 17.0 Å². The van der Waals surface area contributed by atoms with Crippen molar-refractivity contribution < 1.29 is 14.3 Å². The zero-order valence-corrected chi connectivity index (χ0v) is 13.1. The molecule has 0 saturated carbocycles. The lowest BCUT2D eigenvalue weighted by Gasteiger charge is -1.90. The number of rotatable bonds is 5. The van der Waals surface area contributed by atoms with E-state index in [9.17, 15) is 9.59 Å². The molecule has 1 heterocycles. The molecule has 0 amide bonds. The Kier molecular flexibility index (Phi) is 15.4. The van der Waals surface area contributed by atoms with Crippen LogP contribution in [-0.4, -0.2) is 19.4 Å². The van der Waals surface area contributed by atoms with Gasteiger partial charge in [0.15, 0.2) is 0 Å². The van der Waals surface area contributed by atoms with E-state index < -0.39 is 0 Å². The van der Waals surface area contributed by atoms with E-state index in [4.69, 9.17) is 0 Å². The average Bonchev–Trinajstić information content (AvgIpc) is 2.97. The quantitative estimate of drug-likeness (QED) is 0.347. The fourth-order valence-corrected chi connectivity index (χ4v) is 1.69. The van der Waals surface area contributed by atoms with Crippen molar-refractivity contribution in [2.24, 2.45) is 0 Å². The van der Waals surface area contributed by atoms with E-state index in [0.29, 0.717) is 11.3 Å². The molecule has 0 aromatic carbocycles. The smallest absolute Gasteiger partial charge is 0.348 e. The zero-order chi connectivity index (χ0) is 15.8. The van der Waals surface area contributed by atoms with E-state index in [1.807, 2.05) is 31.4 Å². The van der Waals surface area contributed by atoms with E-state index in [1.54, 1.807) is 18.2 Å². The molecule has 20 heavy (non-hydrogen) atoms. The van der Waals surface area contributed by atoms with Gasteiger partial charge in [-0.25, -0.2) is 4.79 Å². The van der Waals surface area contributed by atoms with Gasteiger partial charge < -0.3 is 9.53 Å². The number of ether oxygens (including phenoxy) is 1. The van der Waals surface area contributed by atoms with Crippen LogP contribution < -0.4 is 0 Å². The van der Waals surface area contributed by atoms with Crippen molar-refractivity contribution in [1.82, 2.24) is 0 Å². The number of hydrogen-bond donors (Lipinski definition) is 0. The minimum absolute atomic E-state index is 0.289. The molecule has 0 N–H and O–H groups in total. The summed E-state index contributed by atoms with van der Waals surface area (Å²) in [5.41, 5.74) is 0.991. The highest BCUT2D eigenvalue weighted by Gasteiger charge is 2.06. The second-order valence-corrected chi connectivity index (χ2v) is 3.93. The van der Waals surface area contributed by atoms with Crippen molar-refractivity contribution in [1.29, 1.82) is 0 Å². The number of methoxy groups -OCH3 is 1. The molecule has 4 heteroatoms. The van der Waals surface area contributed by atoms with Crippen LogP contribution in [0.2, 0.25) is 0 Å². The average molecular weight is 294 g/mol. The van der Waals surface area contributed by atoms with Crippen molar-refractivity contribution in [3.63, 3.8) is 0 Å². The molecule has 1 rings (SSSR count). The molecule has 1 aromatic rings. The topological polar surface area (TPSA) is 43.4 Å². The third kappa shape index (κ3) is 10.0. The van der Waals surface area contributed by atoms with E-state index in [2.05, 4.69) is 17.9 Å². The Morgan fingerprint density at radius 3 is 2.45 bits per heavy atom.